The molecule has 1 saturated carbocycles. The van der Waals surface area contributed by atoms with Gasteiger partial charge in [-0.2, -0.15) is 0 Å². The molecule has 2 amide bonds. The molecule has 0 bridgehead atoms. The topological polar surface area (TPSA) is 100 Å². The first-order valence-corrected chi connectivity index (χ1v) is 14.5. The van der Waals surface area contributed by atoms with Crippen LogP contribution in [0.25, 0.3) is 11.4 Å². The number of nitrogens with zero attached hydrogens (tertiary/aromatic N) is 4. The molecule has 8 nitrogen and oxygen atoms in total. The van der Waals surface area contributed by atoms with Crippen LogP contribution in [0.5, 0.6) is 0 Å². The Morgan fingerprint density at radius 2 is 1.79 bits per heavy atom. The van der Waals surface area contributed by atoms with E-state index in [0.717, 1.165) is 30.0 Å². The van der Waals surface area contributed by atoms with Crippen molar-refractivity contribution < 1.29 is 23.5 Å². The van der Waals surface area contributed by atoms with Crippen LogP contribution in [0.15, 0.2) is 42.5 Å². The van der Waals surface area contributed by atoms with E-state index < -0.39 is 34.6 Å². The lowest BCUT2D eigenvalue weighted by Gasteiger charge is -2.55. The molecule has 2 fully saturated rings. The van der Waals surface area contributed by atoms with Crippen LogP contribution in [0.2, 0.25) is 0 Å². The number of piperidine rings is 1. The first-order chi connectivity index (χ1) is 19.8. The van der Waals surface area contributed by atoms with E-state index in [4.69, 9.17) is 5.10 Å². The van der Waals surface area contributed by atoms with E-state index in [1.165, 1.54) is 17.9 Å². The van der Waals surface area contributed by atoms with E-state index in [-0.39, 0.29) is 24.4 Å². The van der Waals surface area contributed by atoms with Crippen molar-refractivity contribution in [2.75, 3.05) is 13.1 Å². The second kappa shape index (κ2) is 11.1. The number of amides is 2. The molecular weight excluding hydrogens is 540 g/mol. The maximum Gasteiger partial charge on any atom is 0.407 e. The molecule has 0 unspecified atom stereocenters. The van der Waals surface area contributed by atoms with E-state index in [1.54, 1.807) is 6.07 Å². The van der Waals surface area contributed by atoms with Gasteiger partial charge < -0.3 is 19.9 Å². The highest BCUT2D eigenvalue weighted by Gasteiger charge is 2.53. The molecule has 1 aliphatic carbocycles. The molecule has 224 valence electrons. The average molecular weight is 580 g/mol. The molecule has 3 aromatic rings. The minimum Gasteiger partial charge on any atom is -0.465 e. The summed E-state index contributed by atoms with van der Waals surface area (Å²) in [7, 11) is 0. The smallest absolute Gasteiger partial charge is 0.407 e. The number of halogens is 2. The Morgan fingerprint density at radius 3 is 2.40 bits per heavy atom. The summed E-state index contributed by atoms with van der Waals surface area (Å²) in [5.74, 6) is -1.36. The van der Waals surface area contributed by atoms with Crippen molar-refractivity contribution in [1.82, 2.24) is 25.0 Å². The minimum absolute atomic E-state index is 0.0956. The van der Waals surface area contributed by atoms with Gasteiger partial charge in [0.05, 0.1) is 0 Å². The summed E-state index contributed by atoms with van der Waals surface area (Å²) >= 11 is 0. The average Bonchev–Trinajstić information content (AvgIpc) is 3.67. The minimum atomic E-state index is -1.03. The van der Waals surface area contributed by atoms with Gasteiger partial charge in [-0.3, -0.25) is 4.79 Å². The largest absolute Gasteiger partial charge is 0.465 e. The normalized spacial score (nSPS) is 22.7. The van der Waals surface area contributed by atoms with Crippen molar-refractivity contribution in [3.63, 3.8) is 0 Å². The lowest BCUT2D eigenvalue weighted by Crippen LogP contribution is -2.62. The van der Waals surface area contributed by atoms with Gasteiger partial charge in [-0.05, 0) is 67.2 Å². The molecule has 2 aromatic carbocycles. The fourth-order valence-corrected chi connectivity index (χ4v) is 6.32. The Labute approximate surface area is 245 Å². The number of rotatable bonds is 7. The van der Waals surface area contributed by atoms with Crippen molar-refractivity contribution in [2.45, 2.75) is 83.7 Å². The predicted molar refractivity (Wildman–Crippen MR) is 155 cm³/mol. The zero-order valence-corrected chi connectivity index (χ0v) is 24.8. The molecule has 2 heterocycles. The van der Waals surface area contributed by atoms with Gasteiger partial charge in [-0.15, -0.1) is 10.2 Å². The van der Waals surface area contributed by atoms with Crippen molar-refractivity contribution in [3.8, 4) is 11.4 Å². The molecule has 42 heavy (non-hydrogen) atoms. The van der Waals surface area contributed by atoms with Gasteiger partial charge in [0.1, 0.15) is 5.82 Å². The highest BCUT2D eigenvalue weighted by molar-refractivity contribution is 5.73. The number of carboxylic acid groups (broad SMARTS) is 1. The van der Waals surface area contributed by atoms with Gasteiger partial charge >= 0.3 is 6.09 Å². The number of hydrogen-bond acceptors (Lipinski definition) is 4. The molecule has 1 saturated heterocycles. The van der Waals surface area contributed by atoms with Gasteiger partial charge in [-0.1, -0.05) is 51.1 Å². The SMILES string of the molecule is CC(=O)NCCc1ccccc1-c1nnc([C@H]2CN(C(=O)O)[C@](C)(C(C)(C)C)C[C@@H]2c2ccc(F)c(F)c2)n1C1CC1. The molecule has 1 aliphatic heterocycles. The second-order valence-corrected chi connectivity index (χ2v) is 12.9. The molecule has 2 N–H and O–H groups in total. The lowest BCUT2D eigenvalue weighted by molar-refractivity contribution is -0.118. The third kappa shape index (κ3) is 5.51. The van der Waals surface area contributed by atoms with E-state index in [2.05, 4.69) is 15.0 Å². The predicted octanol–water partition coefficient (Wildman–Crippen LogP) is 6.29. The standard InChI is InChI=1S/C32H39F2N5O3/c1-19(40)35-15-14-20-8-6-7-9-23(20)28-36-37-29(39(28)22-11-12-22)25-18-38(30(41)42)32(5,31(2,3)4)17-24(25)21-10-13-26(33)27(34)16-21/h6-10,13,16,22,24-25H,11-12,14-15,17-18H2,1-5H3,(H,35,40)(H,41,42)/t24-,25+,32+/m1/s1. The summed E-state index contributed by atoms with van der Waals surface area (Å²) in [5, 5.41) is 22.6. The van der Waals surface area contributed by atoms with Crippen LogP contribution < -0.4 is 5.32 Å². The van der Waals surface area contributed by atoms with Gasteiger partial charge in [0.2, 0.25) is 5.91 Å². The maximum absolute atomic E-state index is 14.6. The van der Waals surface area contributed by atoms with Crippen molar-refractivity contribution >= 4 is 12.0 Å². The molecule has 3 atom stereocenters. The Kier molecular flexibility index (Phi) is 7.85. The lowest BCUT2D eigenvalue weighted by atomic mass is 9.63. The number of aromatic nitrogens is 3. The van der Waals surface area contributed by atoms with Crippen LogP contribution >= 0.6 is 0 Å². The van der Waals surface area contributed by atoms with Crippen molar-refractivity contribution in [1.29, 1.82) is 0 Å². The van der Waals surface area contributed by atoms with Crippen LogP contribution in [0.1, 0.15) is 88.7 Å². The number of carbonyl (C=O) groups excluding carboxylic acids is 1. The van der Waals surface area contributed by atoms with Crippen LogP contribution in [0.4, 0.5) is 13.6 Å². The van der Waals surface area contributed by atoms with Crippen molar-refractivity contribution in [3.05, 3.63) is 71.1 Å². The zero-order chi connectivity index (χ0) is 30.4. The van der Waals surface area contributed by atoms with E-state index in [0.29, 0.717) is 36.6 Å². The summed E-state index contributed by atoms with van der Waals surface area (Å²) < 4.78 is 30.8. The third-order valence-corrected chi connectivity index (χ3v) is 9.29. The van der Waals surface area contributed by atoms with Crippen LogP contribution in [0.3, 0.4) is 0 Å². The van der Waals surface area contributed by atoms with Gasteiger partial charge in [0.15, 0.2) is 17.5 Å². The molecule has 5 rings (SSSR count). The van der Waals surface area contributed by atoms with Gasteiger partial charge in [-0.25, -0.2) is 13.6 Å². The third-order valence-electron chi connectivity index (χ3n) is 9.29. The number of benzene rings is 2. The number of hydrogen-bond donors (Lipinski definition) is 2. The molecular formula is C32H39F2N5O3. The fourth-order valence-electron chi connectivity index (χ4n) is 6.32. The zero-order valence-electron chi connectivity index (χ0n) is 24.8. The van der Waals surface area contributed by atoms with Gasteiger partial charge in [0, 0.05) is 43.1 Å². The first-order valence-electron chi connectivity index (χ1n) is 14.5. The van der Waals surface area contributed by atoms with E-state index in [9.17, 15) is 23.5 Å². The van der Waals surface area contributed by atoms with E-state index in [1.807, 2.05) is 52.0 Å². The number of likely N-dealkylation sites (tertiary alicyclic amines) is 1. The van der Waals surface area contributed by atoms with Gasteiger partial charge in [0.25, 0.3) is 0 Å². The Bertz CT molecular complexity index is 1500. The molecule has 2 aliphatic rings. The van der Waals surface area contributed by atoms with Crippen LogP contribution in [0, 0.1) is 17.0 Å². The highest BCUT2D eigenvalue weighted by Crippen LogP contribution is 2.53. The van der Waals surface area contributed by atoms with Crippen molar-refractivity contribution in [2.24, 2.45) is 5.41 Å². The Hall–Kier alpha value is -3.82. The molecule has 0 spiro atoms. The summed E-state index contributed by atoms with van der Waals surface area (Å²) in [6, 6.07) is 12.0. The highest BCUT2D eigenvalue weighted by atomic mass is 19.2. The fraction of sp³-hybridized carbons (Fsp3) is 0.500. The first kappa shape index (κ1) is 29.7. The van der Waals surface area contributed by atoms with E-state index >= 15 is 0 Å². The molecule has 10 heteroatoms. The molecule has 0 radical (unpaired) electrons. The number of carbonyl (C=O) groups is 2. The Balaban J connectivity index is 1.63. The summed E-state index contributed by atoms with van der Waals surface area (Å²) in [5.41, 5.74) is 1.31. The summed E-state index contributed by atoms with van der Waals surface area (Å²) in [6.45, 7) is 10.1. The summed E-state index contributed by atoms with van der Waals surface area (Å²) in [6.07, 6.45) is 1.87. The van der Waals surface area contributed by atoms with Crippen LogP contribution in [-0.4, -0.2) is 55.4 Å². The number of nitrogens with one attached hydrogen (secondary N) is 1. The summed E-state index contributed by atoms with van der Waals surface area (Å²) in [4.78, 5) is 25.7. The van der Waals surface area contributed by atoms with Crippen LogP contribution in [-0.2, 0) is 11.2 Å². The Morgan fingerprint density at radius 1 is 1.07 bits per heavy atom. The monoisotopic (exact) mass is 579 g/mol. The quantitative estimate of drug-likeness (QED) is 0.343. The molecule has 1 aromatic heterocycles. The second-order valence-electron chi connectivity index (χ2n) is 12.9. The maximum atomic E-state index is 14.6.